The van der Waals surface area contributed by atoms with Gasteiger partial charge in [0.15, 0.2) is 17.5 Å². The van der Waals surface area contributed by atoms with Gasteiger partial charge < -0.3 is 4.74 Å². The van der Waals surface area contributed by atoms with Gasteiger partial charge in [0, 0.05) is 5.56 Å². The van der Waals surface area contributed by atoms with Gasteiger partial charge in [0.05, 0.1) is 10.2 Å². The van der Waals surface area contributed by atoms with E-state index >= 15 is 0 Å². The summed E-state index contributed by atoms with van der Waals surface area (Å²) in [7, 11) is 0. The number of benzene rings is 3. The zero-order chi connectivity index (χ0) is 26.5. The molecule has 1 aliphatic rings. The van der Waals surface area contributed by atoms with Crippen molar-refractivity contribution in [1.82, 2.24) is 4.98 Å². The topological polar surface area (TPSA) is 22.1 Å². The summed E-state index contributed by atoms with van der Waals surface area (Å²) in [5, 5.41) is 0.112. The van der Waals surface area contributed by atoms with Crippen LogP contribution < -0.4 is 4.74 Å². The Labute approximate surface area is 211 Å². The van der Waals surface area contributed by atoms with Crippen LogP contribution in [0.1, 0.15) is 49.7 Å². The highest BCUT2D eigenvalue weighted by atomic mass is 32.1. The summed E-state index contributed by atoms with van der Waals surface area (Å²) >= 11 is 0.894. The van der Waals surface area contributed by atoms with Gasteiger partial charge in [-0.3, -0.25) is 0 Å². The first-order valence-corrected chi connectivity index (χ1v) is 12.4. The van der Waals surface area contributed by atoms with Crippen LogP contribution in [0.4, 0.5) is 30.7 Å². The van der Waals surface area contributed by atoms with E-state index in [1.54, 1.807) is 0 Å². The second-order valence-corrected chi connectivity index (χ2v) is 10.4. The minimum atomic E-state index is -4.32. The number of halogens is 7. The number of hydrogen-bond acceptors (Lipinski definition) is 3. The Hall–Kier alpha value is -3.14. The van der Waals surface area contributed by atoms with Crippen LogP contribution in [0.25, 0.3) is 20.8 Å². The summed E-state index contributed by atoms with van der Waals surface area (Å²) in [5.41, 5.74) is -0.872. The van der Waals surface area contributed by atoms with Crippen molar-refractivity contribution in [1.29, 1.82) is 0 Å². The van der Waals surface area contributed by atoms with Crippen LogP contribution in [0.15, 0.2) is 42.5 Å². The maximum absolute atomic E-state index is 15.0. The second kappa shape index (κ2) is 9.63. The number of aromatic nitrogens is 1. The highest BCUT2D eigenvalue weighted by Gasteiger charge is 2.41. The Balaban J connectivity index is 1.41. The molecule has 1 fully saturated rings. The minimum Gasteiger partial charge on any atom is -0.429 e. The van der Waals surface area contributed by atoms with Crippen LogP contribution in [0.5, 0.6) is 5.75 Å². The molecular formula is C27H20F7NOS. The van der Waals surface area contributed by atoms with E-state index in [2.05, 4.69) is 11.9 Å². The predicted molar refractivity (Wildman–Crippen MR) is 126 cm³/mol. The average molecular weight is 540 g/mol. The van der Waals surface area contributed by atoms with Gasteiger partial charge in [-0.15, -0.1) is 11.3 Å². The molecule has 37 heavy (non-hydrogen) atoms. The fourth-order valence-electron chi connectivity index (χ4n) is 4.67. The molecule has 1 heterocycles. The fourth-order valence-corrected chi connectivity index (χ4v) is 5.65. The third-order valence-electron chi connectivity index (χ3n) is 6.68. The molecule has 0 bridgehead atoms. The molecule has 0 radical (unpaired) electrons. The Morgan fingerprint density at radius 2 is 1.46 bits per heavy atom. The number of nitrogens with zero attached hydrogens (tertiary/aromatic N) is 1. The molecule has 3 aromatic carbocycles. The molecule has 2 nitrogen and oxygen atoms in total. The molecular weight excluding hydrogens is 519 g/mol. The molecule has 0 unspecified atom stereocenters. The Bertz CT molecular complexity index is 1430. The minimum absolute atomic E-state index is 0.0398. The molecule has 194 valence electrons. The summed E-state index contributed by atoms with van der Waals surface area (Å²) < 4.78 is 105. The lowest BCUT2D eigenvalue weighted by Crippen LogP contribution is -2.25. The fraction of sp³-hybridized carbons (Fsp3) is 0.296. The summed E-state index contributed by atoms with van der Waals surface area (Å²) in [6.45, 7) is 2.10. The van der Waals surface area contributed by atoms with Gasteiger partial charge in [0.25, 0.3) is 0 Å². The third-order valence-corrected chi connectivity index (χ3v) is 7.75. The van der Waals surface area contributed by atoms with Crippen molar-refractivity contribution >= 4 is 21.6 Å². The average Bonchev–Trinajstić information content (AvgIpc) is 3.25. The zero-order valence-corrected chi connectivity index (χ0v) is 20.3. The maximum Gasteiger partial charge on any atom is 0.432 e. The normalized spacial score (nSPS) is 18.4. The van der Waals surface area contributed by atoms with E-state index in [4.69, 9.17) is 4.74 Å². The molecule has 1 aromatic heterocycles. The van der Waals surface area contributed by atoms with Gasteiger partial charge in [-0.05, 0) is 72.7 Å². The maximum atomic E-state index is 15.0. The lowest BCUT2D eigenvalue weighted by Gasteiger charge is -2.27. The van der Waals surface area contributed by atoms with E-state index in [-0.39, 0.29) is 16.5 Å². The van der Waals surface area contributed by atoms with Gasteiger partial charge in [0.1, 0.15) is 28.0 Å². The SMILES string of the molecule is CC1CCC(c2cc(F)c(C(F)(F)Oc3ccc4nc(-c5cc(F)c(F)c(F)c5)sc4c3)c(F)c2)CC1. The summed E-state index contributed by atoms with van der Waals surface area (Å²) in [5.74, 6) is -7.16. The summed E-state index contributed by atoms with van der Waals surface area (Å²) in [6.07, 6.45) is -1.04. The van der Waals surface area contributed by atoms with Crippen LogP contribution in [0, 0.1) is 35.0 Å². The molecule has 0 aliphatic heterocycles. The van der Waals surface area contributed by atoms with Crippen LogP contribution in [0.3, 0.4) is 0 Å². The lowest BCUT2D eigenvalue weighted by molar-refractivity contribution is -0.189. The molecule has 0 saturated heterocycles. The predicted octanol–water partition coefficient (Wildman–Crippen LogP) is 9.08. The van der Waals surface area contributed by atoms with Crippen molar-refractivity contribution in [3.05, 3.63) is 82.7 Å². The lowest BCUT2D eigenvalue weighted by atomic mass is 9.79. The first kappa shape index (κ1) is 25.5. The van der Waals surface area contributed by atoms with Gasteiger partial charge in [-0.1, -0.05) is 19.8 Å². The number of alkyl halides is 2. The van der Waals surface area contributed by atoms with Gasteiger partial charge >= 0.3 is 6.11 Å². The van der Waals surface area contributed by atoms with Crippen LogP contribution in [0.2, 0.25) is 0 Å². The van der Waals surface area contributed by atoms with E-state index in [1.165, 1.54) is 12.1 Å². The molecule has 0 spiro atoms. The molecule has 5 rings (SSSR count). The van der Waals surface area contributed by atoms with Gasteiger partial charge in [-0.2, -0.15) is 8.78 Å². The van der Waals surface area contributed by atoms with E-state index < -0.39 is 46.5 Å². The van der Waals surface area contributed by atoms with Crippen molar-refractivity contribution in [2.75, 3.05) is 0 Å². The Morgan fingerprint density at radius 3 is 2.08 bits per heavy atom. The molecule has 10 heteroatoms. The Morgan fingerprint density at radius 1 is 0.838 bits per heavy atom. The molecule has 1 saturated carbocycles. The largest absolute Gasteiger partial charge is 0.432 e. The van der Waals surface area contributed by atoms with Gasteiger partial charge in [0.2, 0.25) is 0 Å². The number of ether oxygens (including phenoxy) is 1. The first-order valence-electron chi connectivity index (χ1n) is 11.6. The second-order valence-electron chi connectivity index (χ2n) is 9.34. The number of fused-ring (bicyclic) bond motifs is 1. The van der Waals surface area contributed by atoms with E-state index in [0.717, 1.165) is 67.4 Å². The van der Waals surface area contributed by atoms with Crippen LogP contribution in [-0.4, -0.2) is 4.98 Å². The Kier molecular flexibility index (Phi) is 6.64. The van der Waals surface area contributed by atoms with Crippen molar-refractivity contribution in [3.63, 3.8) is 0 Å². The molecule has 0 atom stereocenters. The molecule has 0 N–H and O–H groups in total. The van der Waals surface area contributed by atoms with Crippen molar-refractivity contribution in [2.45, 2.75) is 44.6 Å². The van der Waals surface area contributed by atoms with Crippen LogP contribution >= 0.6 is 11.3 Å². The van der Waals surface area contributed by atoms with E-state index in [1.807, 2.05) is 0 Å². The smallest absolute Gasteiger partial charge is 0.429 e. The highest BCUT2D eigenvalue weighted by Crippen LogP contribution is 2.41. The third kappa shape index (κ3) is 5.03. The summed E-state index contributed by atoms with van der Waals surface area (Å²) in [6, 6.07) is 7.07. The monoisotopic (exact) mass is 539 g/mol. The molecule has 4 aromatic rings. The summed E-state index contributed by atoms with van der Waals surface area (Å²) in [4.78, 5) is 4.18. The van der Waals surface area contributed by atoms with E-state index in [0.29, 0.717) is 21.7 Å². The number of thiazole rings is 1. The van der Waals surface area contributed by atoms with Gasteiger partial charge in [-0.25, -0.2) is 26.9 Å². The first-order chi connectivity index (χ1) is 17.5. The van der Waals surface area contributed by atoms with Crippen LogP contribution in [-0.2, 0) is 6.11 Å². The van der Waals surface area contributed by atoms with E-state index in [9.17, 15) is 30.7 Å². The molecule has 0 amide bonds. The zero-order valence-electron chi connectivity index (χ0n) is 19.4. The van der Waals surface area contributed by atoms with Crippen molar-refractivity contribution in [3.8, 4) is 16.3 Å². The molecule has 1 aliphatic carbocycles. The van der Waals surface area contributed by atoms with Crippen molar-refractivity contribution in [2.24, 2.45) is 5.92 Å². The van der Waals surface area contributed by atoms with Crippen molar-refractivity contribution < 1.29 is 35.5 Å². The highest BCUT2D eigenvalue weighted by molar-refractivity contribution is 7.21. The standard InChI is InChI=1S/C27H20F7NOS/c1-13-2-4-14(5-3-13)15-8-18(28)24(19(29)9-15)27(33,34)36-17-6-7-22-23(12-17)37-26(35-22)16-10-20(30)25(32)21(31)11-16/h6-14H,2-5H2,1H3. The quantitative estimate of drug-likeness (QED) is 0.186. The number of hydrogen-bond donors (Lipinski definition) is 0. The number of rotatable bonds is 5.